The molecule has 0 fully saturated rings. The van der Waals surface area contributed by atoms with Crippen LogP contribution in [0.4, 0.5) is 0 Å². The summed E-state index contributed by atoms with van der Waals surface area (Å²) in [7, 11) is 0. The van der Waals surface area contributed by atoms with E-state index in [1.807, 2.05) is 20.8 Å². The Morgan fingerprint density at radius 3 is 2.33 bits per heavy atom. The van der Waals surface area contributed by atoms with Crippen LogP contribution in [0.3, 0.4) is 0 Å². The first-order valence-corrected chi connectivity index (χ1v) is 3.98. The first-order valence-electron chi connectivity index (χ1n) is 3.98. The number of carbonyl (C=O) groups is 1. The topological polar surface area (TPSA) is 49.3 Å². The fourth-order valence-electron chi connectivity index (χ4n) is 0.598. The lowest BCUT2D eigenvalue weighted by molar-refractivity contribution is -0.132. The molecule has 3 heteroatoms. The van der Waals surface area contributed by atoms with Crippen LogP contribution in [-0.4, -0.2) is 23.2 Å². The highest BCUT2D eigenvalue weighted by Crippen LogP contribution is 1.98. The maximum Gasteiger partial charge on any atom is 0.330 e. The van der Waals surface area contributed by atoms with Crippen LogP contribution in [0.25, 0.3) is 0 Å². The van der Waals surface area contributed by atoms with E-state index in [4.69, 9.17) is 5.11 Å². The molecule has 70 valence electrons. The van der Waals surface area contributed by atoms with Gasteiger partial charge in [-0.25, -0.2) is 4.79 Å². The van der Waals surface area contributed by atoms with Crippen molar-refractivity contribution in [3.63, 3.8) is 0 Å². The van der Waals surface area contributed by atoms with Crippen LogP contribution >= 0.6 is 0 Å². The first kappa shape index (κ1) is 11.2. The Bertz CT molecular complexity index is 189. The Morgan fingerprint density at radius 1 is 1.50 bits per heavy atom. The zero-order valence-corrected chi connectivity index (χ0v) is 8.14. The minimum atomic E-state index is -0.856. The van der Waals surface area contributed by atoms with E-state index in [0.717, 1.165) is 0 Å². The van der Waals surface area contributed by atoms with Gasteiger partial charge in [0.15, 0.2) is 0 Å². The van der Waals surface area contributed by atoms with Crippen molar-refractivity contribution < 1.29 is 9.90 Å². The fraction of sp³-hybridized carbons (Fsp3) is 0.667. The molecule has 0 saturated heterocycles. The molecule has 3 nitrogen and oxygen atoms in total. The standard InChI is InChI=1S/C9H17NO2/c1-7(8(11)12)5-6-10-9(2,3)4/h5,10H,6H2,1-4H3,(H,11,12)/b7-5+. The van der Waals surface area contributed by atoms with Crippen molar-refractivity contribution in [1.82, 2.24) is 5.32 Å². The second-order valence-electron chi connectivity index (χ2n) is 3.82. The van der Waals surface area contributed by atoms with Gasteiger partial charge in [-0.2, -0.15) is 0 Å². The summed E-state index contributed by atoms with van der Waals surface area (Å²) in [4.78, 5) is 10.4. The maximum atomic E-state index is 10.4. The average molecular weight is 171 g/mol. The summed E-state index contributed by atoms with van der Waals surface area (Å²) in [5, 5.41) is 11.7. The molecule has 0 amide bonds. The second kappa shape index (κ2) is 4.26. The molecule has 0 unspecified atom stereocenters. The molecule has 0 aliphatic heterocycles. The van der Waals surface area contributed by atoms with Crippen LogP contribution in [0.5, 0.6) is 0 Å². The van der Waals surface area contributed by atoms with Gasteiger partial charge in [0.05, 0.1) is 0 Å². The van der Waals surface area contributed by atoms with Crippen LogP contribution in [0.1, 0.15) is 27.7 Å². The molecule has 0 atom stereocenters. The summed E-state index contributed by atoms with van der Waals surface area (Å²) >= 11 is 0. The fourth-order valence-corrected chi connectivity index (χ4v) is 0.598. The average Bonchev–Trinajstić information content (AvgIpc) is 1.84. The molecule has 2 N–H and O–H groups in total. The predicted octanol–water partition coefficient (Wildman–Crippen LogP) is 1.41. The third-order valence-electron chi connectivity index (χ3n) is 1.38. The van der Waals surface area contributed by atoms with Crippen LogP contribution in [0.2, 0.25) is 0 Å². The molecule has 0 spiro atoms. The van der Waals surface area contributed by atoms with E-state index in [2.05, 4.69) is 5.32 Å². The van der Waals surface area contributed by atoms with E-state index >= 15 is 0 Å². The number of aliphatic carboxylic acids is 1. The van der Waals surface area contributed by atoms with Gasteiger partial charge in [0.25, 0.3) is 0 Å². The largest absolute Gasteiger partial charge is 0.478 e. The summed E-state index contributed by atoms with van der Waals surface area (Å²) in [5.74, 6) is -0.856. The monoisotopic (exact) mass is 171 g/mol. The highest BCUT2D eigenvalue weighted by Gasteiger charge is 2.06. The minimum absolute atomic E-state index is 0.0370. The molecule has 0 aliphatic rings. The van der Waals surface area contributed by atoms with Crippen molar-refractivity contribution in [2.75, 3.05) is 6.54 Å². The Morgan fingerprint density at radius 2 is 2.00 bits per heavy atom. The van der Waals surface area contributed by atoms with Crippen molar-refractivity contribution in [1.29, 1.82) is 0 Å². The SMILES string of the molecule is C/C(=C\CNC(C)(C)C)C(=O)O. The number of nitrogens with one attached hydrogen (secondary N) is 1. The Labute approximate surface area is 73.5 Å². The molecular formula is C9H17NO2. The molecule has 0 aromatic heterocycles. The van der Waals surface area contributed by atoms with Gasteiger partial charge in [-0.1, -0.05) is 6.08 Å². The lowest BCUT2D eigenvalue weighted by Crippen LogP contribution is -2.35. The van der Waals surface area contributed by atoms with E-state index in [0.29, 0.717) is 12.1 Å². The molecule has 0 rings (SSSR count). The van der Waals surface area contributed by atoms with Crippen LogP contribution in [0, 0.1) is 0 Å². The van der Waals surface area contributed by atoms with E-state index in [1.54, 1.807) is 13.0 Å². The van der Waals surface area contributed by atoms with E-state index in [-0.39, 0.29) is 5.54 Å². The molecule has 0 aromatic rings. The lowest BCUT2D eigenvalue weighted by Gasteiger charge is -2.19. The normalized spacial score (nSPS) is 13.2. The molecule has 0 aliphatic carbocycles. The second-order valence-corrected chi connectivity index (χ2v) is 3.82. The number of hydrogen-bond acceptors (Lipinski definition) is 2. The van der Waals surface area contributed by atoms with Gasteiger partial charge in [0.1, 0.15) is 0 Å². The molecule has 12 heavy (non-hydrogen) atoms. The number of rotatable bonds is 3. The van der Waals surface area contributed by atoms with Gasteiger partial charge >= 0.3 is 5.97 Å². The summed E-state index contributed by atoms with van der Waals surface area (Å²) < 4.78 is 0. The quantitative estimate of drug-likeness (QED) is 0.631. The molecule has 0 bridgehead atoms. The zero-order valence-electron chi connectivity index (χ0n) is 8.14. The third-order valence-corrected chi connectivity index (χ3v) is 1.38. The van der Waals surface area contributed by atoms with E-state index in [9.17, 15) is 4.79 Å². The summed E-state index contributed by atoms with van der Waals surface area (Å²) in [6.07, 6.45) is 1.67. The Balaban J connectivity index is 3.83. The summed E-state index contributed by atoms with van der Waals surface area (Å²) in [5.41, 5.74) is 0.418. The summed E-state index contributed by atoms with van der Waals surface area (Å²) in [6, 6.07) is 0. The molecule has 0 radical (unpaired) electrons. The van der Waals surface area contributed by atoms with Crippen molar-refractivity contribution in [2.45, 2.75) is 33.2 Å². The van der Waals surface area contributed by atoms with Crippen LogP contribution < -0.4 is 5.32 Å². The number of carboxylic acid groups (broad SMARTS) is 1. The van der Waals surface area contributed by atoms with Gasteiger partial charge in [-0.3, -0.25) is 0 Å². The van der Waals surface area contributed by atoms with Crippen molar-refractivity contribution in [2.24, 2.45) is 0 Å². The highest BCUT2D eigenvalue weighted by atomic mass is 16.4. The van der Waals surface area contributed by atoms with Gasteiger partial charge in [-0.15, -0.1) is 0 Å². The zero-order chi connectivity index (χ0) is 9.78. The number of carboxylic acids is 1. The molecular weight excluding hydrogens is 154 g/mol. The summed E-state index contributed by atoms with van der Waals surface area (Å²) in [6.45, 7) is 8.30. The Kier molecular flexibility index (Phi) is 3.96. The van der Waals surface area contributed by atoms with Gasteiger partial charge in [0.2, 0.25) is 0 Å². The van der Waals surface area contributed by atoms with Crippen molar-refractivity contribution >= 4 is 5.97 Å². The van der Waals surface area contributed by atoms with Crippen LogP contribution in [-0.2, 0) is 4.79 Å². The molecule has 0 heterocycles. The Hall–Kier alpha value is -0.830. The van der Waals surface area contributed by atoms with Crippen molar-refractivity contribution in [3.05, 3.63) is 11.6 Å². The molecule has 0 saturated carbocycles. The highest BCUT2D eigenvalue weighted by molar-refractivity contribution is 5.85. The van der Waals surface area contributed by atoms with E-state index in [1.165, 1.54) is 0 Å². The number of hydrogen-bond donors (Lipinski definition) is 2. The smallest absolute Gasteiger partial charge is 0.330 e. The van der Waals surface area contributed by atoms with E-state index < -0.39 is 5.97 Å². The van der Waals surface area contributed by atoms with Gasteiger partial charge < -0.3 is 10.4 Å². The maximum absolute atomic E-state index is 10.4. The minimum Gasteiger partial charge on any atom is -0.478 e. The molecule has 0 aromatic carbocycles. The van der Waals surface area contributed by atoms with Gasteiger partial charge in [0, 0.05) is 17.7 Å². The first-order chi connectivity index (χ1) is 5.33. The third kappa shape index (κ3) is 5.92. The van der Waals surface area contributed by atoms with Gasteiger partial charge in [-0.05, 0) is 27.7 Å². The lowest BCUT2D eigenvalue weighted by atomic mass is 10.1. The van der Waals surface area contributed by atoms with Crippen molar-refractivity contribution in [3.8, 4) is 0 Å². The van der Waals surface area contributed by atoms with Crippen LogP contribution in [0.15, 0.2) is 11.6 Å². The predicted molar refractivity (Wildman–Crippen MR) is 49.1 cm³/mol.